The minimum Gasteiger partial charge on any atom is -0.493 e. The first-order chi connectivity index (χ1) is 10.6. The fraction of sp³-hybridized carbons (Fsp3) is 0.235. The number of carboxylic acids is 1. The lowest BCUT2D eigenvalue weighted by molar-refractivity contribution is 0.0692. The van der Waals surface area contributed by atoms with Gasteiger partial charge in [-0.1, -0.05) is 23.7 Å². The van der Waals surface area contributed by atoms with E-state index >= 15 is 0 Å². The molecule has 2 aromatic rings. The maximum atomic E-state index is 11.0. The Morgan fingerprint density at radius 1 is 1.09 bits per heavy atom. The number of aromatic carboxylic acids is 1. The van der Waals surface area contributed by atoms with Crippen LogP contribution in [0.5, 0.6) is 11.5 Å². The van der Waals surface area contributed by atoms with Crippen LogP contribution in [0.3, 0.4) is 0 Å². The highest BCUT2D eigenvalue weighted by atomic mass is 35.5. The van der Waals surface area contributed by atoms with Crippen molar-refractivity contribution in [1.82, 2.24) is 0 Å². The third-order valence-electron chi connectivity index (χ3n) is 3.06. The van der Waals surface area contributed by atoms with Crippen molar-refractivity contribution in [2.75, 3.05) is 13.2 Å². The lowest BCUT2D eigenvalue weighted by Gasteiger charge is -2.11. The monoisotopic (exact) mass is 320 g/mol. The van der Waals surface area contributed by atoms with E-state index in [1.807, 2.05) is 19.1 Å². The molecule has 0 heterocycles. The van der Waals surface area contributed by atoms with Gasteiger partial charge < -0.3 is 14.6 Å². The zero-order valence-corrected chi connectivity index (χ0v) is 13.0. The Morgan fingerprint density at radius 2 is 1.77 bits per heavy atom. The number of carbonyl (C=O) groups is 1. The van der Waals surface area contributed by atoms with Gasteiger partial charge >= 0.3 is 5.97 Å². The van der Waals surface area contributed by atoms with E-state index in [0.29, 0.717) is 30.4 Å². The van der Waals surface area contributed by atoms with E-state index in [4.69, 9.17) is 26.2 Å². The first-order valence-corrected chi connectivity index (χ1v) is 7.30. The zero-order valence-electron chi connectivity index (χ0n) is 12.2. The van der Waals surface area contributed by atoms with E-state index < -0.39 is 5.97 Å². The van der Waals surface area contributed by atoms with Gasteiger partial charge in [-0.05, 0) is 42.8 Å². The first kappa shape index (κ1) is 16.2. The molecule has 2 aromatic carbocycles. The summed E-state index contributed by atoms with van der Waals surface area (Å²) in [5.74, 6) is 0.164. The molecule has 0 atom stereocenters. The molecule has 22 heavy (non-hydrogen) atoms. The minimum atomic E-state index is -0.997. The summed E-state index contributed by atoms with van der Waals surface area (Å²) >= 11 is 5.89. The number of rotatable bonds is 7. The quantitative estimate of drug-likeness (QED) is 0.777. The molecular formula is C17H17ClO4. The summed E-state index contributed by atoms with van der Waals surface area (Å²) in [5, 5.41) is 9.73. The fourth-order valence-corrected chi connectivity index (χ4v) is 2.19. The van der Waals surface area contributed by atoms with Crippen molar-refractivity contribution in [1.29, 1.82) is 0 Å². The highest BCUT2D eigenvalue weighted by Gasteiger charge is 2.09. The Morgan fingerprint density at radius 3 is 2.45 bits per heavy atom. The van der Waals surface area contributed by atoms with E-state index in [0.717, 1.165) is 11.3 Å². The Labute approximate surface area is 134 Å². The molecule has 0 aliphatic heterocycles. The van der Waals surface area contributed by atoms with E-state index in [1.165, 1.54) is 6.07 Å². The van der Waals surface area contributed by atoms with Crippen LogP contribution in [-0.2, 0) is 0 Å². The number of ether oxygens (including phenoxy) is 2. The number of hydrogen-bond donors (Lipinski definition) is 1. The third kappa shape index (κ3) is 4.40. The van der Waals surface area contributed by atoms with Gasteiger partial charge in [0.2, 0.25) is 0 Å². The normalized spacial score (nSPS) is 10.3. The lowest BCUT2D eigenvalue weighted by atomic mass is 10.2. The van der Waals surface area contributed by atoms with Crippen molar-refractivity contribution in [3.8, 4) is 11.5 Å². The second kappa shape index (κ2) is 7.71. The Hall–Kier alpha value is -2.20. The number of hydrogen-bond acceptors (Lipinski definition) is 3. The maximum Gasteiger partial charge on any atom is 0.339 e. The van der Waals surface area contributed by atoms with Gasteiger partial charge in [-0.15, -0.1) is 0 Å². The molecule has 4 nitrogen and oxygen atoms in total. The van der Waals surface area contributed by atoms with Crippen LogP contribution >= 0.6 is 11.6 Å². The number of halogens is 1. The summed E-state index contributed by atoms with van der Waals surface area (Å²) in [5.41, 5.74) is 1.14. The maximum absolute atomic E-state index is 11.0. The predicted octanol–water partition coefficient (Wildman–Crippen LogP) is 4.19. The van der Waals surface area contributed by atoms with Gasteiger partial charge in [-0.2, -0.15) is 0 Å². The molecule has 0 aliphatic rings. The molecule has 0 aromatic heterocycles. The molecule has 0 bridgehead atoms. The number of carboxylic acid groups (broad SMARTS) is 1. The molecule has 0 fully saturated rings. The third-order valence-corrected chi connectivity index (χ3v) is 3.29. The van der Waals surface area contributed by atoms with Crippen molar-refractivity contribution in [2.45, 2.75) is 13.3 Å². The van der Waals surface area contributed by atoms with Crippen molar-refractivity contribution in [3.63, 3.8) is 0 Å². The Balaban J connectivity index is 1.79. The largest absolute Gasteiger partial charge is 0.493 e. The van der Waals surface area contributed by atoms with Crippen LogP contribution in [0, 0.1) is 6.92 Å². The summed E-state index contributed by atoms with van der Waals surface area (Å²) in [7, 11) is 0. The molecule has 0 unspecified atom stereocenters. The highest BCUT2D eigenvalue weighted by molar-refractivity contribution is 6.30. The van der Waals surface area contributed by atoms with Gasteiger partial charge in [0.1, 0.15) is 17.1 Å². The van der Waals surface area contributed by atoms with Gasteiger partial charge in [0.25, 0.3) is 0 Å². The molecule has 0 amide bonds. The van der Waals surface area contributed by atoms with E-state index in [1.54, 1.807) is 24.3 Å². The van der Waals surface area contributed by atoms with E-state index in [2.05, 4.69) is 0 Å². The van der Waals surface area contributed by atoms with Crippen molar-refractivity contribution >= 4 is 17.6 Å². The van der Waals surface area contributed by atoms with Gasteiger partial charge in [0.05, 0.1) is 13.2 Å². The minimum absolute atomic E-state index is 0.164. The Kier molecular flexibility index (Phi) is 5.67. The first-order valence-electron chi connectivity index (χ1n) is 6.92. The van der Waals surface area contributed by atoms with Crippen molar-refractivity contribution < 1.29 is 19.4 Å². The van der Waals surface area contributed by atoms with Gasteiger partial charge in [0, 0.05) is 11.4 Å². The fourth-order valence-electron chi connectivity index (χ4n) is 1.97. The number of para-hydroxylation sites is 1. The highest BCUT2D eigenvalue weighted by Crippen LogP contribution is 2.22. The SMILES string of the molecule is Cc1cc(Cl)ccc1OCCCOc1ccccc1C(=O)O. The van der Waals surface area contributed by atoms with Crippen LogP contribution in [-0.4, -0.2) is 24.3 Å². The Bertz CT molecular complexity index is 655. The van der Waals surface area contributed by atoms with Crippen molar-refractivity contribution in [2.24, 2.45) is 0 Å². The summed E-state index contributed by atoms with van der Waals surface area (Å²) in [6.45, 7) is 2.80. The second-order valence-corrected chi connectivity index (χ2v) is 5.20. The summed E-state index contributed by atoms with van der Waals surface area (Å²) < 4.78 is 11.2. The molecular weight excluding hydrogens is 304 g/mol. The standard InChI is InChI=1S/C17H17ClO4/c1-12-11-13(18)7-8-15(12)21-9-4-10-22-16-6-3-2-5-14(16)17(19)20/h2-3,5-8,11H,4,9-10H2,1H3,(H,19,20). The lowest BCUT2D eigenvalue weighted by Crippen LogP contribution is -2.08. The molecule has 0 spiro atoms. The van der Waals surface area contributed by atoms with Gasteiger partial charge in [-0.25, -0.2) is 4.79 Å². The molecule has 0 saturated heterocycles. The number of aryl methyl sites for hydroxylation is 1. The second-order valence-electron chi connectivity index (χ2n) is 4.76. The van der Waals surface area contributed by atoms with Crippen LogP contribution in [0.2, 0.25) is 5.02 Å². The van der Waals surface area contributed by atoms with Crippen LogP contribution < -0.4 is 9.47 Å². The summed E-state index contributed by atoms with van der Waals surface area (Å²) in [6, 6.07) is 12.0. The van der Waals surface area contributed by atoms with Gasteiger partial charge in [-0.3, -0.25) is 0 Å². The smallest absolute Gasteiger partial charge is 0.339 e. The molecule has 2 rings (SSSR count). The molecule has 0 aliphatic carbocycles. The zero-order chi connectivity index (χ0) is 15.9. The van der Waals surface area contributed by atoms with Crippen molar-refractivity contribution in [3.05, 3.63) is 58.6 Å². The van der Waals surface area contributed by atoms with Gasteiger partial charge in [0.15, 0.2) is 0 Å². The van der Waals surface area contributed by atoms with Crippen LogP contribution in [0.4, 0.5) is 0 Å². The van der Waals surface area contributed by atoms with Crippen LogP contribution in [0.1, 0.15) is 22.3 Å². The summed E-state index contributed by atoms with van der Waals surface area (Å²) in [4.78, 5) is 11.0. The van der Waals surface area contributed by atoms with Crippen LogP contribution in [0.15, 0.2) is 42.5 Å². The van der Waals surface area contributed by atoms with E-state index in [9.17, 15) is 4.79 Å². The number of benzene rings is 2. The molecule has 1 N–H and O–H groups in total. The summed E-state index contributed by atoms with van der Waals surface area (Å²) in [6.07, 6.45) is 0.649. The molecule has 0 radical (unpaired) electrons. The van der Waals surface area contributed by atoms with E-state index in [-0.39, 0.29) is 5.56 Å². The molecule has 5 heteroatoms. The average Bonchev–Trinajstić information content (AvgIpc) is 2.49. The molecule has 116 valence electrons. The molecule has 0 saturated carbocycles. The average molecular weight is 321 g/mol. The van der Waals surface area contributed by atoms with Crippen LogP contribution in [0.25, 0.3) is 0 Å². The predicted molar refractivity (Wildman–Crippen MR) is 85.2 cm³/mol. The topological polar surface area (TPSA) is 55.8 Å².